The van der Waals surface area contributed by atoms with Gasteiger partial charge in [0.15, 0.2) is 0 Å². The van der Waals surface area contributed by atoms with Crippen molar-refractivity contribution in [2.75, 3.05) is 13.1 Å². The lowest BCUT2D eigenvalue weighted by molar-refractivity contribution is -0.199. The van der Waals surface area contributed by atoms with E-state index in [-0.39, 0.29) is 30.0 Å². The largest absolute Gasteiger partial charge is 0.481 e. The molecule has 3 saturated carbocycles. The van der Waals surface area contributed by atoms with Crippen molar-refractivity contribution >= 4 is 48.3 Å². The van der Waals surface area contributed by atoms with E-state index in [1.54, 1.807) is 36.4 Å². The summed E-state index contributed by atoms with van der Waals surface area (Å²) in [5.41, 5.74) is 13.3. The molecule has 0 spiro atoms. The summed E-state index contributed by atoms with van der Waals surface area (Å²) in [5.74, 6) is -2.94. The molecule has 3 aliphatic carbocycles. The number of nitrogens with one attached hydrogen (secondary N) is 5. The molecule has 4 aliphatic rings. The number of hydrogen-bond donors (Lipinski definition) is 8. The number of aliphatic hydroxyl groups is 1. The van der Waals surface area contributed by atoms with Gasteiger partial charge in [-0.25, -0.2) is 0 Å². The Morgan fingerprint density at radius 2 is 1.43 bits per heavy atom. The number of aliphatic hydroxyl groups excluding tert-OH is 1. The van der Waals surface area contributed by atoms with Crippen LogP contribution in [0.3, 0.4) is 0 Å². The normalized spacial score (nSPS) is 24.7. The lowest BCUT2D eigenvalue weighted by atomic mass is 9.43. The number of halogens is 1. The third-order valence-corrected chi connectivity index (χ3v) is 12.6. The standard InChI is InChI=1S/C41H59BClN7O8/c1-22(35(52)48-30(9-7-8-18-44)37(54)47-24(3)42-57-33-20-28-19-32(40(28,4)5)41(33,6)58-42)46-39(56)34(23(2)51)50-38(55)31(21-45)49-36(53)27-12-10-25(11-13-27)26-14-16-29(43)17-15-26/h10-17,22-24,28,30-34,51H,7-9,18-21,44-45H2,1-6H3,(H,46,56)(H,47,54)(H,48,52)(H,49,53)(H,50,55)/t22-,23+,24-,28-,30-,31?,32-,33?,34-,41-/m0/s1. The van der Waals surface area contributed by atoms with E-state index < -0.39 is 78.5 Å². The molecule has 0 aromatic heterocycles. The molecule has 2 bridgehead atoms. The van der Waals surface area contributed by atoms with Crippen LogP contribution in [0.2, 0.25) is 5.02 Å². The van der Waals surface area contributed by atoms with Crippen molar-refractivity contribution in [2.24, 2.45) is 28.7 Å². The summed E-state index contributed by atoms with van der Waals surface area (Å²) in [6.07, 6.45) is 2.03. The highest BCUT2D eigenvalue weighted by molar-refractivity contribution is 6.47. The van der Waals surface area contributed by atoms with Crippen LogP contribution in [0.15, 0.2) is 48.5 Å². The molecule has 17 heteroatoms. The highest BCUT2D eigenvalue weighted by Gasteiger charge is 2.68. The molecular formula is C41H59BClN7O8. The second-order valence-corrected chi connectivity index (χ2v) is 17.2. The fourth-order valence-corrected chi connectivity index (χ4v) is 8.65. The zero-order valence-corrected chi connectivity index (χ0v) is 34.9. The summed E-state index contributed by atoms with van der Waals surface area (Å²) in [7, 11) is -0.653. The smallest absolute Gasteiger partial charge is 0.404 e. The molecule has 6 rings (SSSR count). The Balaban J connectivity index is 1.14. The van der Waals surface area contributed by atoms with Gasteiger partial charge in [0.25, 0.3) is 5.91 Å². The molecule has 10 atom stereocenters. The van der Waals surface area contributed by atoms with E-state index >= 15 is 0 Å². The first-order valence-corrected chi connectivity index (χ1v) is 20.6. The number of hydrogen-bond acceptors (Lipinski definition) is 10. The van der Waals surface area contributed by atoms with Gasteiger partial charge < -0.3 is 52.5 Å². The fourth-order valence-electron chi connectivity index (χ4n) is 8.52. The maximum Gasteiger partial charge on any atom is 0.481 e. The lowest BCUT2D eigenvalue weighted by Gasteiger charge is -2.64. The van der Waals surface area contributed by atoms with Crippen LogP contribution in [0.5, 0.6) is 0 Å². The van der Waals surface area contributed by atoms with Gasteiger partial charge in [-0.05, 0) is 119 Å². The lowest BCUT2D eigenvalue weighted by Crippen LogP contribution is -2.65. The summed E-state index contributed by atoms with van der Waals surface area (Å²) in [5, 5.41) is 24.3. The Labute approximate surface area is 346 Å². The predicted octanol–water partition coefficient (Wildman–Crippen LogP) is 1.82. The number of nitrogens with two attached hydrogens (primary N) is 2. The minimum atomic E-state index is -1.51. The Kier molecular flexibility index (Phi) is 14.7. The predicted molar refractivity (Wildman–Crippen MR) is 221 cm³/mol. The third-order valence-electron chi connectivity index (χ3n) is 12.3. The van der Waals surface area contributed by atoms with Crippen LogP contribution in [0, 0.1) is 17.3 Å². The van der Waals surface area contributed by atoms with E-state index in [2.05, 4.69) is 47.4 Å². The Bertz CT molecular complexity index is 1800. The average molecular weight is 824 g/mol. The van der Waals surface area contributed by atoms with Crippen molar-refractivity contribution < 1.29 is 38.4 Å². The van der Waals surface area contributed by atoms with Crippen molar-refractivity contribution in [3.63, 3.8) is 0 Å². The first kappa shape index (κ1) is 45.0. The second kappa shape index (κ2) is 18.9. The van der Waals surface area contributed by atoms with E-state index in [4.69, 9.17) is 32.4 Å². The van der Waals surface area contributed by atoms with E-state index in [0.29, 0.717) is 36.2 Å². The zero-order chi connectivity index (χ0) is 42.5. The number of carbonyl (C=O) groups is 5. The fraction of sp³-hybridized carbons (Fsp3) is 0.585. The van der Waals surface area contributed by atoms with Crippen LogP contribution in [0.4, 0.5) is 0 Å². The number of rotatable bonds is 18. The van der Waals surface area contributed by atoms with Gasteiger partial charge in [0.1, 0.15) is 24.2 Å². The van der Waals surface area contributed by atoms with Gasteiger partial charge in [-0.15, -0.1) is 0 Å². The zero-order valence-electron chi connectivity index (χ0n) is 34.2. The van der Waals surface area contributed by atoms with Crippen molar-refractivity contribution in [2.45, 2.75) is 122 Å². The third kappa shape index (κ3) is 10.0. The topological polar surface area (TPSA) is 236 Å². The van der Waals surface area contributed by atoms with Gasteiger partial charge in [0.2, 0.25) is 23.6 Å². The maximum atomic E-state index is 13.6. The molecule has 2 unspecified atom stereocenters. The van der Waals surface area contributed by atoms with Crippen LogP contribution in [-0.4, -0.2) is 103 Å². The molecule has 316 valence electrons. The van der Waals surface area contributed by atoms with Crippen molar-refractivity contribution in [1.82, 2.24) is 26.6 Å². The molecule has 2 aromatic rings. The Morgan fingerprint density at radius 3 is 2.02 bits per heavy atom. The summed E-state index contributed by atoms with van der Waals surface area (Å²) >= 11 is 5.98. The van der Waals surface area contributed by atoms with Gasteiger partial charge in [-0.3, -0.25) is 24.0 Å². The first-order chi connectivity index (χ1) is 27.4. The summed E-state index contributed by atoms with van der Waals surface area (Å²) in [6, 6.07) is 9.04. The van der Waals surface area contributed by atoms with Gasteiger partial charge >= 0.3 is 7.12 Å². The van der Waals surface area contributed by atoms with Crippen LogP contribution in [0.1, 0.15) is 84.0 Å². The molecule has 1 heterocycles. The summed E-state index contributed by atoms with van der Waals surface area (Å²) in [6.45, 7) is 11.3. The van der Waals surface area contributed by atoms with E-state index in [9.17, 15) is 29.1 Å². The molecular weight excluding hydrogens is 765 g/mol. The molecule has 4 fully saturated rings. The number of benzene rings is 2. The van der Waals surface area contributed by atoms with Crippen LogP contribution < -0.4 is 38.1 Å². The monoisotopic (exact) mass is 823 g/mol. The molecule has 1 aliphatic heterocycles. The highest BCUT2D eigenvalue weighted by atomic mass is 35.5. The molecule has 1 saturated heterocycles. The van der Waals surface area contributed by atoms with Gasteiger partial charge in [0.05, 0.1) is 23.8 Å². The Morgan fingerprint density at radius 1 is 0.810 bits per heavy atom. The molecule has 10 N–H and O–H groups in total. The van der Waals surface area contributed by atoms with Crippen LogP contribution in [0.25, 0.3) is 11.1 Å². The minimum Gasteiger partial charge on any atom is -0.404 e. The van der Waals surface area contributed by atoms with Crippen molar-refractivity contribution in [1.29, 1.82) is 0 Å². The molecule has 0 radical (unpaired) electrons. The molecule has 2 aromatic carbocycles. The van der Waals surface area contributed by atoms with Crippen LogP contribution >= 0.6 is 11.6 Å². The van der Waals surface area contributed by atoms with Gasteiger partial charge in [0, 0.05) is 17.1 Å². The van der Waals surface area contributed by atoms with E-state index in [0.717, 1.165) is 24.0 Å². The number of unbranched alkanes of at least 4 members (excludes halogenated alkanes) is 1. The average Bonchev–Trinajstić information content (AvgIpc) is 3.56. The summed E-state index contributed by atoms with van der Waals surface area (Å²) < 4.78 is 12.9. The first-order valence-electron chi connectivity index (χ1n) is 20.2. The Hall–Kier alpha value is -4.06. The molecule has 5 amide bonds. The van der Waals surface area contributed by atoms with Gasteiger partial charge in [-0.2, -0.15) is 0 Å². The van der Waals surface area contributed by atoms with Gasteiger partial charge in [-0.1, -0.05) is 49.7 Å². The van der Waals surface area contributed by atoms with E-state index in [1.807, 2.05) is 19.1 Å². The van der Waals surface area contributed by atoms with Crippen molar-refractivity contribution in [3.05, 3.63) is 59.1 Å². The van der Waals surface area contributed by atoms with E-state index in [1.165, 1.54) is 13.8 Å². The number of amides is 5. The quantitative estimate of drug-likeness (QED) is 0.0802. The molecule has 15 nitrogen and oxygen atoms in total. The minimum absolute atomic E-state index is 0.0572. The maximum absolute atomic E-state index is 13.6. The molecule has 58 heavy (non-hydrogen) atoms. The second-order valence-electron chi connectivity index (χ2n) is 16.8. The van der Waals surface area contributed by atoms with Crippen molar-refractivity contribution in [3.8, 4) is 11.1 Å². The summed E-state index contributed by atoms with van der Waals surface area (Å²) in [4.78, 5) is 66.7. The highest BCUT2D eigenvalue weighted by Crippen LogP contribution is 2.65. The van der Waals surface area contributed by atoms with Crippen LogP contribution in [-0.2, 0) is 28.5 Å². The number of carbonyl (C=O) groups excluding carboxylic acids is 5. The SMILES string of the molecule is C[C@H](NC(=O)[C@H](CCCCN)NC(=O)[C@H](C)NC(=O)[C@@H](NC(=O)C(CN)NC(=O)c1ccc(-c2ccc(Cl)cc2)cc1)[C@@H](C)O)B1OC2C[C@@H]3C[C@@H](C3(C)C)[C@]2(C)O1.